The zero-order chi connectivity index (χ0) is 19.1. The molecule has 142 valence electrons. The quantitative estimate of drug-likeness (QED) is 0.412. The van der Waals surface area contributed by atoms with Crippen molar-refractivity contribution >= 4 is 29.0 Å². The van der Waals surface area contributed by atoms with E-state index in [1.165, 1.54) is 0 Å². The van der Waals surface area contributed by atoms with Gasteiger partial charge in [0.1, 0.15) is 5.92 Å². The van der Waals surface area contributed by atoms with Crippen molar-refractivity contribution in [3.8, 4) is 0 Å². The Kier molecular flexibility index (Phi) is 7.45. The minimum absolute atomic E-state index is 0.274. The summed E-state index contributed by atoms with van der Waals surface area (Å²) in [6.07, 6.45) is 1.84. The molecule has 1 aliphatic heterocycles. The summed E-state index contributed by atoms with van der Waals surface area (Å²) >= 11 is 5.27. The van der Waals surface area contributed by atoms with E-state index in [1.54, 1.807) is 0 Å². The fourth-order valence-electron chi connectivity index (χ4n) is 3.13. The van der Waals surface area contributed by atoms with Gasteiger partial charge in [0, 0.05) is 24.5 Å². The van der Waals surface area contributed by atoms with E-state index in [4.69, 9.17) is 17.0 Å². The van der Waals surface area contributed by atoms with Gasteiger partial charge in [-0.2, -0.15) is 0 Å². The summed E-state index contributed by atoms with van der Waals surface area (Å²) in [6, 6.07) is 7.96. The SMILES string of the molecule is C=C1NC(=S)N[C@@H](c2ccc(N(CC)CC)cc2)[C@H]1C(=O)OCCCC. The van der Waals surface area contributed by atoms with Crippen LogP contribution in [0.15, 0.2) is 36.5 Å². The highest BCUT2D eigenvalue weighted by molar-refractivity contribution is 7.80. The fraction of sp³-hybridized carbons (Fsp3) is 0.500. The number of carbonyl (C=O) groups is 1. The molecule has 0 saturated carbocycles. The average Bonchev–Trinajstić information content (AvgIpc) is 2.62. The zero-order valence-corrected chi connectivity index (χ0v) is 16.7. The predicted molar refractivity (Wildman–Crippen MR) is 110 cm³/mol. The summed E-state index contributed by atoms with van der Waals surface area (Å²) in [5.74, 6) is -0.790. The number of hydrogen-bond donors (Lipinski definition) is 2. The maximum absolute atomic E-state index is 12.6. The Bertz CT molecular complexity index is 641. The first kappa shape index (κ1) is 20.2. The molecule has 0 aliphatic carbocycles. The molecule has 1 fully saturated rings. The monoisotopic (exact) mass is 375 g/mol. The van der Waals surface area contributed by atoms with Gasteiger partial charge in [0.25, 0.3) is 0 Å². The van der Waals surface area contributed by atoms with Gasteiger partial charge in [0.15, 0.2) is 5.11 Å². The van der Waals surface area contributed by atoms with Gasteiger partial charge in [-0.25, -0.2) is 0 Å². The lowest BCUT2D eigenvalue weighted by atomic mass is 9.89. The van der Waals surface area contributed by atoms with E-state index in [-0.39, 0.29) is 12.0 Å². The Morgan fingerprint density at radius 1 is 1.23 bits per heavy atom. The Morgan fingerprint density at radius 3 is 2.46 bits per heavy atom. The van der Waals surface area contributed by atoms with Crippen LogP contribution in [0.5, 0.6) is 0 Å². The number of hydrogen-bond acceptors (Lipinski definition) is 4. The van der Waals surface area contributed by atoms with E-state index in [0.717, 1.165) is 37.2 Å². The summed E-state index contributed by atoms with van der Waals surface area (Å²) in [4.78, 5) is 14.9. The Morgan fingerprint density at radius 2 is 1.88 bits per heavy atom. The summed E-state index contributed by atoms with van der Waals surface area (Å²) in [6.45, 7) is 12.7. The summed E-state index contributed by atoms with van der Waals surface area (Å²) in [5, 5.41) is 6.65. The van der Waals surface area contributed by atoms with Crippen molar-refractivity contribution in [3.63, 3.8) is 0 Å². The maximum Gasteiger partial charge on any atom is 0.317 e. The van der Waals surface area contributed by atoms with E-state index in [1.807, 2.05) is 12.1 Å². The molecule has 1 aromatic rings. The van der Waals surface area contributed by atoms with Gasteiger partial charge < -0.3 is 20.3 Å². The molecule has 1 heterocycles. The van der Waals surface area contributed by atoms with Gasteiger partial charge in [-0.05, 0) is 50.2 Å². The van der Waals surface area contributed by atoms with E-state index in [0.29, 0.717) is 17.4 Å². The van der Waals surface area contributed by atoms with Crippen LogP contribution in [0.1, 0.15) is 45.2 Å². The second kappa shape index (κ2) is 9.57. The largest absolute Gasteiger partial charge is 0.465 e. The van der Waals surface area contributed by atoms with Crippen molar-refractivity contribution in [1.29, 1.82) is 0 Å². The number of thiocarbonyl (C=S) groups is 1. The number of rotatable bonds is 8. The molecule has 0 spiro atoms. The van der Waals surface area contributed by atoms with Crippen LogP contribution in [0.25, 0.3) is 0 Å². The van der Waals surface area contributed by atoms with Crippen LogP contribution in [-0.2, 0) is 9.53 Å². The van der Waals surface area contributed by atoms with Crippen LogP contribution >= 0.6 is 12.2 Å². The second-order valence-corrected chi connectivity index (χ2v) is 6.77. The minimum Gasteiger partial charge on any atom is -0.465 e. The fourth-order valence-corrected chi connectivity index (χ4v) is 3.39. The Labute approximate surface area is 161 Å². The van der Waals surface area contributed by atoms with Crippen LogP contribution in [0.2, 0.25) is 0 Å². The topological polar surface area (TPSA) is 53.6 Å². The first-order valence-electron chi connectivity index (χ1n) is 9.29. The van der Waals surface area contributed by atoms with E-state index in [2.05, 4.69) is 55.0 Å². The lowest BCUT2D eigenvalue weighted by Gasteiger charge is -2.35. The first-order chi connectivity index (χ1) is 12.5. The molecule has 1 aliphatic rings. The molecule has 0 amide bonds. The van der Waals surface area contributed by atoms with Crippen molar-refractivity contribution in [2.45, 2.75) is 39.7 Å². The summed E-state index contributed by atoms with van der Waals surface area (Å²) < 4.78 is 5.44. The van der Waals surface area contributed by atoms with Crippen molar-refractivity contribution in [2.75, 3.05) is 24.6 Å². The maximum atomic E-state index is 12.6. The Balaban J connectivity index is 2.22. The zero-order valence-electron chi connectivity index (χ0n) is 15.9. The molecule has 1 saturated heterocycles. The summed E-state index contributed by atoms with van der Waals surface area (Å²) in [5.41, 5.74) is 2.73. The van der Waals surface area contributed by atoms with Crippen LogP contribution < -0.4 is 15.5 Å². The molecule has 0 bridgehead atoms. The second-order valence-electron chi connectivity index (χ2n) is 6.36. The molecule has 0 radical (unpaired) electrons. The molecule has 5 nitrogen and oxygen atoms in total. The molecule has 26 heavy (non-hydrogen) atoms. The number of nitrogens with one attached hydrogen (secondary N) is 2. The third-order valence-corrected chi connectivity index (χ3v) is 4.87. The molecule has 2 N–H and O–H groups in total. The van der Waals surface area contributed by atoms with Gasteiger partial charge >= 0.3 is 5.97 Å². The highest BCUT2D eigenvalue weighted by atomic mass is 32.1. The van der Waals surface area contributed by atoms with Crippen molar-refractivity contribution in [3.05, 3.63) is 42.1 Å². The normalized spacial score (nSPS) is 19.5. The van der Waals surface area contributed by atoms with Gasteiger partial charge in [-0.1, -0.05) is 32.1 Å². The highest BCUT2D eigenvalue weighted by Crippen LogP contribution is 2.31. The third kappa shape index (κ3) is 4.75. The number of esters is 1. The average molecular weight is 376 g/mol. The van der Waals surface area contributed by atoms with E-state index < -0.39 is 5.92 Å². The lowest BCUT2D eigenvalue weighted by molar-refractivity contribution is -0.148. The minimum atomic E-state index is -0.516. The molecular formula is C20H29N3O2S. The van der Waals surface area contributed by atoms with Crippen molar-refractivity contribution in [1.82, 2.24) is 10.6 Å². The van der Waals surface area contributed by atoms with E-state index in [9.17, 15) is 4.79 Å². The molecular weight excluding hydrogens is 346 g/mol. The Hall–Kier alpha value is -2.08. The molecule has 6 heteroatoms. The molecule has 0 aromatic heterocycles. The molecule has 0 unspecified atom stereocenters. The number of unbranched alkanes of at least 4 members (excludes halogenated alkanes) is 1. The molecule has 2 rings (SSSR count). The number of nitrogens with zero attached hydrogens (tertiary/aromatic N) is 1. The lowest BCUT2D eigenvalue weighted by Crippen LogP contribution is -2.51. The summed E-state index contributed by atoms with van der Waals surface area (Å²) in [7, 11) is 0. The molecule has 2 atom stereocenters. The van der Waals surface area contributed by atoms with Crippen molar-refractivity contribution in [2.24, 2.45) is 5.92 Å². The predicted octanol–water partition coefficient (Wildman–Crippen LogP) is 3.52. The third-order valence-electron chi connectivity index (χ3n) is 4.65. The first-order valence-corrected chi connectivity index (χ1v) is 9.70. The van der Waals surface area contributed by atoms with E-state index >= 15 is 0 Å². The number of ether oxygens (including phenoxy) is 1. The van der Waals surface area contributed by atoms with Gasteiger partial charge in [-0.3, -0.25) is 4.79 Å². The standard InChI is InChI=1S/C20H29N3O2S/c1-5-8-13-25-19(24)17-14(4)21-20(26)22-18(17)15-9-11-16(12-10-15)23(6-2)7-3/h9-12,17-18H,4-8,13H2,1-3H3,(H2,21,22,26)/t17-,18-/m0/s1. The van der Waals surface area contributed by atoms with Crippen LogP contribution in [0, 0.1) is 5.92 Å². The number of benzene rings is 1. The molecule has 1 aromatic carbocycles. The van der Waals surface area contributed by atoms with Gasteiger partial charge in [0.05, 0.1) is 12.6 Å². The smallest absolute Gasteiger partial charge is 0.317 e. The van der Waals surface area contributed by atoms with Crippen LogP contribution in [0.3, 0.4) is 0 Å². The number of anilines is 1. The van der Waals surface area contributed by atoms with Crippen LogP contribution in [0.4, 0.5) is 5.69 Å². The highest BCUT2D eigenvalue weighted by Gasteiger charge is 2.37. The van der Waals surface area contributed by atoms with Gasteiger partial charge in [0.2, 0.25) is 0 Å². The number of carbonyl (C=O) groups excluding carboxylic acids is 1. The van der Waals surface area contributed by atoms with Gasteiger partial charge in [-0.15, -0.1) is 0 Å². The van der Waals surface area contributed by atoms with Crippen molar-refractivity contribution < 1.29 is 9.53 Å². The van der Waals surface area contributed by atoms with Crippen LogP contribution in [-0.4, -0.2) is 30.8 Å².